The van der Waals surface area contributed by atoms with E-state index < -0.39 is 18.0 Å². The molecule has 2 rings (SSSR count). The van der Waals surface area contributed by atoms with Crippen molar-refractivity contribution in [2.75, 3.05) is 25.1 Å². The average molecular weight is 475 g/mol. The van der Waals surface area contributed by atoms with Crippen molar-refractivity contribution >= 4 is 23.5 Å². The maximum atomic E-state index is 12.2. The summed E-state index contributed by atoms with van der Waals surface area (Å²) in [5, 5.41) is 6.19. The van der Waals surface area contributed by atoms with Gasteiger partial charge in [-0.3, -0.25) is 0 Å². The first-order chi connectivity index (χ1) is 15.7. The van der Waals surface area contributed by atoms with Crippen LogP contribution in [-0.2, 0) is 14.2 Å². The van der Waals surface area contributed by atoms with E-state index in [-0.39, 0.29) is 17.9 Å². The molecule has 0 bridgehead atoms. The summed E-state index contributed by atoms with van der Waals surface area (Å²) in [7, 11) is 0. The van der Waals surface area contributed by atoms with Gasteiger partial charge in [0.05, 0.1) is 11.6 Å². The Bertz CT molecular complexity index is 948. The van der Waals surface area contributed by atoms with Gasteiger partial charge in [0.1, 0.15) is 11.4 Å². The van der Waals surface area contributed by atoms with Gasteiger partial charge < -0.3 is 24.8 Å². The van der Waals surface area contributed by atoms with Crippen LogP contribution in [0.2, 0.25) is 5.28 Å². The van der Waals surface area contributed by atoms with Crippen molar-refractivity contribution in [2.24, 2.45) is 0 Å². The predicted octanol–water partition coefficient (Wildman–Crippen LogP) is 4.56. The van der Waals surface area contributed by atoms with E-state index in [2.05, 4.69) is 32.4 Å². The summed E-state index contributed by atoms with van der Waals surface area (Å²) in [4.78, 5) is 20.6. The number of amides is 1. The van der Waals surface area contributed by atoms with E-state index in [4.69, 9.17) is 25.8 Å². The van der Waals surface area contributed by atoms with E-state index >= 15 is 0 Å². The molecule has 8 nitrogen and oxygen atoms in total. The molecule has 1 heterocycles. The zero-order valence-corrected chi connectivity index (χ0v) is 20.4. The largest absolute Gasteiger partial charge is 0.444 e. The number of alkyl carbamates (subject to hydrolysis) is 1. The smallest absolute Gasteiger partial charge is 0.407 e. The molecule has 0 fully saturated rings. The Morgan fingerprint density at radius 2 is 1.82 bits per heavy atom. The number of rotatable bonds is 9. The van der Waals surface area contributed by atoms with Gasteiger partial charge in [0.25, 0.3) is 0 Å². The van der Waals surface area contributed by atoms with Gasteiger partial charge in [0, 0.05) is 26.0 Å². The molecule has 1 atom stereocenters. The highest BCUT2D eigenvalue weighted by Gasteiger charge is 2.19. The van der Waals surface area contributed by atoms with Crippen molar-refractivity contribution in [2.45, 2.75) is 52.6 Å². The molecule has 0 unspecified atom stereocenters. The van der Waals surface area contributed by atoms with Gasteiger partial charge in [0.2, 0.25) is 11.6 Å². The normalized spacial score (nSPS) is 12.0. The zero-order valence-electron chi connectivity index (χ0n) is 19.6. The fourth-order valence-electron chi connectivity index (χ4n) is 2.73. The number of hydrogen-bond donors (Lipinski definition) is 2. The summed E-state index contributed by atoms with van der Waals surface area (Å²) >= 11 is 6.06. The monoisotopic (exact) mass is 474 g/mol. The highest BCUT2D eigenvalue weighted by atomic mass is 35.5. The molecule has 1 amide bonds. The number of ether oxygens (including phenoxy) is 3. The number of hydrogen-bond acceptors (Lipinski definition) is 7. The second-order valence-corrected chi connectivity index (χ2v) is 8.24. The lowest BCUT2D eigenvalue weighted by atomic mass is 10.1. The van der Waals surface area contributed by atoms with Crippen LogP contribution in [0.5, 0.6) is 0 Å². The predicted molar refractivity (Wildman–Crippen MR) is 128 cm³/mol. The third kappa shape index (κ3) is 9.66. The molecule has 178 valence electrons. The summed E-state index contributed by atoms with van der Waals surface area (Å²) in [5.41, 5.74) is 0.853. The molecular formula is C24H31ClN4O4. The zero-order chi connectivity index (χ0) is 24.3. The number of anilines is 1. The standard InChI is InChI=1S/C24H31ClN4O4/c1-6-31-20(32-7-2)14-13-18-15-26-22(25)29-21(18)28-19(17-11-9-8-10-12-17)16-27-23(30)33-24(3,4)5/h8-12,15,19-20H,6-7,16H2,1-5H3,(H,27,30)(H,26,28,29)/t19-/m1/s1. The Morgan fingerprint density at radius 3 is 2.42 bits per heavy atom. The molecule has 0 aliphatic rings. The lowest BCUT2D eigenvalue weighted by molar-refractivity contribution is -0.0969. The van der Waals surface area contributed by atoms with Crippen LogP contribution in [0.3, 0.4) is 0 Å². The molecule has 0 radical (unpaired) electrons. The molecular weight excluding hydrogens is 444 g/mol. The lowest BCUT2D eigenvalue weighted by Gasteiger charge is -2.23. The van der Waals surface area contributed by atoms with Crippen molar-refractivity contribution in [3.63, 3.8) is 0 Å². The van der Waals surface area contributed by atoms with Crippen molar-refractivity contribution in [1.82, 2.24) is 15.3 Å². The first-order valence-electron chi connectivity index (χ1n) is 10.8. The second kappa shape index (κ2) is 13.0. The summed E-state index contributed by atoms with van der Waals surface area (Å²) in [5.74, 6) is 6.37. The number of aromatic nitrogens is 2. The fraction of sp³-hybridized carbons (Fsp3) is 0.458. The average Bonchev–Trinajstić information content (AvgIpc) is 2.75. The fourth-order valence-corrected chi connectivity index (χ4v) is 2.87. The highest BCUT2D eigenvalue weighted by molar-refractivity contribution is 6.28. The minimum Gasteiger partial charge on any atom is -0.444 e. The summed E-state index contributed by atoms with van der Waals surface area (Å²) < 4.78 is 16.3. The number of halogens is 1. The maximum Gasteiger partial charge on any atom is 0.407 e. The number of nitrogens with one attached hydrogen (secondary N) is 2. The molecule has 0 spiro atoms. The van der Waals surface area contributed by atoms with Gasteiger partial charge >= 0.3 is 6.09 Å². The summed E-state index contributed by atoms with van der Waals surface area (Å²) in [6, 6.07) is 9.31. The maximum absolute atomic E-state index is 12.2. The van der Waals surface area contributed by atoms with Gasteiger partial charge in [-0.15, -0.1) is 0 Å². The molecule has 0 saturated carbocycles. The number of carbonyl (C=O) groups is 1. The molecule has 0 saturated heterocycles. The Morgan fingerprint density at radius 1 is 1.15 bits per heavy atom. The van der Waals surface area contributed by atoms with Gasteiger partial charge in [-0.25, -0.2) is 9.78 Å². The molecule has 2 N–H and O–H groups in total. The van der Waals surface area contributed by atoms with Gasteiger partial charge in [0.15, 0.2) is 0 Å². The first kappa shape index (κ1) is 26.4. The Kier molecular flexibility index (Phi) is 10.4. The van der Waals surface area contributed by atoms with Crippen molar-refractivity contribution < 1.29 is 19.0 Å². The van der Waals surface area contributed by atoms with E-state index in [0.717, 1.165) is 5.56 Å². The summed E-state index contributed by atoms with van der Waals surface area (Å²) in [6.45, 7) is 10.3. The van der Waals surface area contributed by atoms with Crippen LogP contribution < -0.4 is 10.6 Å². The molecule has 0 aliphatic carbocycles. The van der Waals surface area contributed by atoms with Gasteiger partial charge in [-0.05, 0) is 57.7 Å². The summed E-state index contributed by atoms with van der Waals surface area (Å²) in [6.07, 6.45) is 0.354. The van der Waals surface area contributed by atoms with Crippen LogP contribution >= 0.6 is 11.6 Å². The van der Waals surface area contributed by atoms with E-state index in [1.807, 2.05) is 65.0 Å². The molecule has 1 aromatic carbocycles. The lowest BCUT2D eigenvalue weighted by Crippen LogP contribution is -2.36. The van der Waals surface area contributed by atoms with Crippen molar-refractivity contribution in [3.8, 4) is 11.8 Å². The van der Waals surface area contributed by atoms with Crippen LogP contribution in [-0.4, -0.2) is 47.7 Å². The van der Waals surface area contributed by atoms with E-state index in [9.17, 15) is 4.79 Å². The SMILES string of the molecule is CCOC(C#Cc1cnc(Cl)nc1N[C@H](CNC(=O)OC(C)(C)C)c1ccccc1)OCC. The van der Waals surface area contributed by atoms with Crippen LogP contribution in [0.1, 0.15) is 51.8 Å². The van der Waals surface area contributed by atoms with E-state index in [0.29, 0.717) is 24.6 Å². The van der Waals surface area contributed by atoms with Crippen LogP contribution in [0, 0.1) is 11.8 Å². The first-order valence-corrected chi connectivity index (χ1v) is 11.1. The Labute approximate surface area is 200 Å². The number of nitrogens with zero attached hydrogens (tertiary/aromatic N) is 2. The van der Waals surface area contributed by atoms with Gasteiger partial charge in [-0.2, -0.15) is 4.98 Å². The molecule has 33 heavy (non-hydrogen) atoms. The number of carbonyl (C=O) groups excluding carboxylic acids is 1. The van der Waals surface area contributed by atoms with Crippen LogP contribution in [0.25, 0.3) is 0 Å². The quantitative estimate of drug-likeness (QED) is 0.312. The van der Waals surface area contributed by atoms with Crippen molar-refractivity contribution in [3.05, 3.63) is 52.9 Å². The Balaban J connectivity index is 2.28. The highest BCUT2D eigenvalue weighted by Crippen LogP contribution is 2.21. The molecule has 0 aliphatic heterocycles. The van der Waals surface area contributed by atoms with Crippen molar-refractivity contribution in [1.29, 1.82) is 0 Å². The van der Waals surface area contributed by atoms with E-state index in [1.165, 1.54) is 6.20 Å². The molecule has 1 aromatic heterocycles. The minimum atomic E-state index is -0.665. The van der Waals surface area contributed by atoms with Crippen LogP contribution in [0.15, 0.2) is 36.5 Å². The molecule has 9 heteroatoms. The van der Waals surface area contributed by atoms with E-state index in [1.54, 1.807) is 0 Å². The third-order valence-corrected chi connectivity index (χ3v) is 4.26. The topological polar surface area (TPSA) is 94.6 Å². The van der Waals surface area contributed by atoms with Gasteiger partial charge in [-0.1, -0.05) is 36.3 Å². The third-order valence-electron chi connectivity index (χ3n) is 4.08. The number of benzene rings is 1. The van der Waals surface area contributed by atoms with Crippen LogP contribution in [0.4, 0.5) is 10.6 Å². The Hall–Kier alpha value is -2.86. The molecule has 2 aromatic rings. The second-order valence-electron chi connectivity index (χ2n) is 7.90. The minimum absolute atomic E-state index is 0.0705.